The van der Waals surface area contributed by atoms with Gasteiger partial charge in [-0.1, -0.05) is 0 Å². The fraction of sp³-hybridized carbons (Fsp3) is 0.294. The van der Waals surface area contributed by atoms with E-state index in [2.05, 4.69) is 25.5 Å². The highest BCUT2D eigenvalue weighted by Gasteiger charge is 2.19. The molecule has 1 aromatic carbocycles. The van der Waals surface area contributed by atoms with Gasteiger partial charge in [0.2, 0.25) is 12.7 Å². The number of H-pyrrole nitrogens is 1. The highest BCUT2D eigenvalue weighted by molar-refractivity contribution is 5.92. The summed E-state index contributed by atoms with van der Waals surface area (Å²) in [5.74, 6) is 2.94. The van der Waals surface area contributed by atoms with Gasteiger partial charge in [-0.05, 0) is 26.0 Å². The first-order chi connectivity index (χ1) is 13.1. The number of aromatic nitrogens is 4. The lowest BCUT2D eigenvalue weighted by Gasteiger charge is -2.08. The summed E-state index contributed by atoms with van der Waals surface area (Å²) in [4.78, 5) is 20.6. The van der Waals surface area contributed by atoms with Gasteiger partial charge in [-0.2, -0.15) is 5.10 Å². The Hall–Kier alpha value is -3.56. The number of hydrogen-bond donors (Lipinski definition) is 2. The second-order valence-corrected chi connectivity index (χ2v) is 5.90. The summed E-state index contributed by atoms with van der Waals surface area (Å²) >= 11 is 0. The predicted octanol–water partition coefficient (Wildman–Crippen LogP) is 1.90. The zero-order valence-corrected chi connectivity index (χ0v) is 14.7. The maximum atomic E-state index is 12.3. The molecule has 3 aromatic rings. The maximum Gasteiger partial charge on any atom is 0.273 e. The van der Waals surface area contributed by atoms with Crippen molar-refractivity contribution in [2.75, 3.05) is 6.79 Å². The van der Waals surface area contributed by atoms with Gasteiger partial charge >= 0.3 is 0 Å². The first-order valence-electron chi connectivity index (χ1n) is 8.25. The molecule has 1 aliphatic rings. The van der Waals surface area contributed by atoms with Crippen LogP contribution in [-0.2, 0) is 6.61 Å². The van der Waals surface area contributed by atoms with Crippen molar-refractivity contribution in [3.63, 3.8) is 0 Å². The predicted molar refractivity (Wildman–Crippen MR) is 90.4 cm³/mol. The summed E-state index contributed by atoms with van der Waals surface area (Å²) in [6.45, 7) is 3.84. The van der Waals surface area contributed by atoms with Crippen LogP contribution in [0.15, 0.2) is 28.9 Å². The third kappa shape index (κ3) is 3.68. The number of amides is 1. The molecule has 1 atom stereocenters. The summed E-state index contributed by atoms with van der Waals surface area (Å²) < 4.78 is 21.5. The average molecular weight is 371 g/mol. The standard InChI is InChI=1S/C17H17N5O5/c1-9(16-19-10(2)21-22-16)18-17(23)12-6-25-15(20-12)7-24-11-3-4-13-14(5-11)27-8-26-13/h3-6,9H,7-8H2,1-2H3,(H,18,23)(H,19,21,22). The Morgan fingerprint density at radius 3 is 3.00 bits per heavy atom. The second kappa shape index (κ2) is 6.98. The molecule has 4 rings (SSSR count). The molecule has 0 spiro atoms. The van der Waals surface area contributed by atoms with Crippen molar-refractivity contribution < 1.29 is 23.4 Å². The minimum atomic E-state index is -0.386. The fourth-order valence-corrected chi connectivity index (χ4v) is 2.48. The van der Waals surface area contributed by atoms with Crippen molar-refractivity contribution in [2.24, 2.45) is 0 Å². The normalized spacial score (nSPS) is 13.4. The molecule has 0 saturated carbocycles. The molecule has 1 amide bonds. The molecule has 10 nitrogen and oxygen atoms in total. The number of oxazole rings is 1. The highest BCUT2D eigenvalue weighted by Crippen LogP contribution is 2.35. The van der Waals surface area contributed by atoms with Crippen LogP contribution in [0.25, 0.3) is 0 Å². The molecular weight excluding hydrogens is 354 g/mol. The van der Waals surface area contributed by atoms with E-state index in [9.17, 15) is 4.79 Å². The topological polar surface area (TPSA) is 124 Å². The van der Waals surface area contributed by atoms with Gasteiger partial charge in [0.25, 0.3) is 5.91 Å². The van der Waals surface area contributed by atoms with Gasteiger partial charge in [0.15, 0.2) is 29.6 Å². The Morgan fingerprint density at radius 1 is 1.33 bits per heavy atom. The molecular formula is C17H17N5O5. The van der Waals surface area contributed by atoms with Crippen LogP contribution < -0.4 is 19.5 Å². The Kier molecular flexibility index (Phi) is 4.37. The number of nitrogens with zero attached hydrogens (tertiary/aromatic N) is 3. The Bertz CT molecular complexity index is 966. The van der Waals surface area contributed by atoms with E-state index in [1.165, 1.54) is 6.26 Å². The number of benzene rings is 1. The number of hydrogen-bond acceptors (Lipinski definition) is 8. The average Bonchev–Trinajstić information content (AvgIpc) is 3.39. The lowest BCUT2D eigenvalue weighted by atomic mass is 10.3. The molecule has 0 radical (unpaired) electrons. The summed E-state index contributed by atoms with van der Waals surface area (Å²) in [5, 5.41) is 9.52. The van der Waals surface area contributed by atoms with E-state index in [0.29, 0.717) is 28.9 Å². The molecule has 27 heavy (non-hydrogen) atoms. The van der Waals surface area contributed by atoms with E-state index >= 15 is 0 Å². The molecule has 1 unspecified atom stereocenters. The minimum Gasteiger partial charge on any atom is -0.484 e. The number of aryl methyl sites for hydroxylation is 1. The molecule has 0 bridgehead atoms. The van der Waals surface area contributed by atoms with E-state index in [1.807, 2.05) is 0 Å². The van der Waals surface area contributed by atoms with Gasteiger partial charge < -0.3 is 23.9 Å². The van der Waals surface area contributed by atoms with Gasteiger partial charge in [0.1, 0.15) is 17.8 Å². The van der Waals surface area contributed by atoms with E-state index < -0.39 is 0 Å². The van der Waals surface area contributed by atoms with E-state index in [4.69, 9.17) is 18.6 Å². The van der Waals surface area contributed by atoms with Crippen molar-refractivity contribution in [2.45, 2.75) is 26.5 Å². The molecule has 140 valence electrons. The summed E-state index contributed by atoms with van der Waals surface area (Å²) in [7, 11) is 0. The van der Waals surface area contributed by atoms with E-state index in [-0.39, 0.29) is 36.9 Å². The SMILES string of the molecule is Cc1nc(C(C)NC(=O)c2coc(COc3ccc4c(c3)OCO4)n2)n[nH]1. The zero-order chi connectivity index (χ0) is 18.8. The Labute approximate surface area is 153 Å². The molecule has 2 aromatic heterocycles. The number of nitrogens with one attached hydrogen (secondary N) is 2. The quantitative estimate of drug-likeness (QED) is 0.673. The van der Waals surface area contributed by atoms with Gasteiger partial charge in [0.05, 0.1) is 6.04 Å². The number of aromatic amines is 1. The molecule has 3 heterocycles. The van der Waals surface area contributed by atoms with Gasteiger partial charge in [0, 0.05) is 6.07 Å². The lowest BCUT2D eigenvalue weighted by molar-refractivity contribution is 0.0933. The van der Waals surface area contributed by atoms with Crippen LogP contribution in [-0.4, -0.2) is 32.9 Å². The Morgan fingerprint density at radius 2 is 2.19 bits per heavy atom. The number of ether oxygens (including phenoxy) is 3. The Balaban J connectivity index is 1.34. The summed E-state index contributed by atoms with van der Waals surface area (Å²) in [5.41, 5.74) is 0.151. The van der Waals surface area contributed by atoms with E-state index in [0.717, 1.165) is 0 Å². The van der Waals surface area contributed by atoms with Crippen LogP contribution in [0.4, 0.5) is 0 Å². The highest BCUT2D eigenvalue weighted by atomic mass is 16.7. The molecule has 0 saturated heterocycles. The summed E-state index contributed by atoms with van der Waals surface area (Å²) in [6.07, 6.45) is 1.28. The van der Waals surface area contributed by atoms with Gasteiger partial charge in [-0.25, -0.2) is 9.97 Å². The third-order valence-corrected chi connectivity index (χ3v) is 3.84. The van der Waals surface area contributed by atoms with Crippen LogP contribution >= 0.6 is 0 Å². The summed E-state index contributed by atoms with van der Waals surface area (Å²) in [6, 6.07) is 4.87. The smallest absolute Gasteiger partial charge is 0.273 e. The van der Waals surface area contributed by atoms with Crippen LogP contribution in [0.1, 0.15) is 41.0 Å². The number of carbonyl (C=O) groups is 1. The van der Waals surface area contributed by atoms with Crippen LogP contribution in [0.5, 0.6) is 17.2 Å². The molecule has 1 aliphatic heterocycles. The first-order valence-corrected chi connectivity index (χ1v) is 8.25. The third-order valence-electron chi connectivity index (χ3n) is 3.84. The zero-order valence-electron chi connectivity index (χ0n) is 14.7. The largest absolute Gasteiger partial charge is 0.484 e. The van der Waals surface area contributed by atoms with Crippen molar-refractivity contribution in [1.82, 2.24) is 25.5 Å². The molecule has 10 heteroatoms. The van der Waals surface area contributed by atoms with Crippen LogP contribution in [0.2, 0.25) is 0 Å². The minimum absolute atomic E-state index is 0.0720. The van der Waals surface area contributed by atoms with Crippen LogP contribution in [0.3, 0.4) is 0 Å². The number of fused-ring (bicyclic) bond motifs is 1. The first kappa shape index (κ1) is 16.9. The lowest BCUT2D eigenvalue weighted by Crippen LogP contribution is -2.27. The van der Waals surface area contributed by atoms with Crippen molar-refractivity contribution in [3.05, 3.63) is 47.7 Å². The number of rotatable bonds is 6. The maximum absolute atomic E-state index is 12.3. The monoisotopic (exact) mass is 371 g/mol. The van der Waals surface area contributed by atoms with E-state index in [1.54, 1.807) is 32.0 Å². The van der Waals surface area contributed by atoms with Crippen LogP contribution in [0, 0.1) is 6.92 Å². The number of carbonyl (C=O) groups excluding carboxylic acids is 1. The van der Waals surface area contributed by atoms with Crippen molar-refractivity contribution in [3.8, 4) is 17.2 Å². The van der Waals surface area contributed by atoms with Crippen molar-refractivity contribution >= 4 is 5.91 Å². The molecule has 2 N–H and O–H groups in total. The second-order valence-electron chi connectivity index (χ2n) is 5.90. The molecule has 0 aliphatic carbocycles. The molecule has 0 fully saturated rings. The van der Waals surface area contributed by atoms with Crippen molar-refractivity contribution in [1.29, 1.82) is 0 Å². The fourth-order valence-electron chi connectivity index (χ4n) is 2.48. The van der Waals surface area contributed by atoms with Gasteiger partial charge in [-0.3, -0.25) is 9.89 Å². The van der Waals surface area contributed by atoms with Gasteiger partial charge in [-0.15, -0.1) is 0 Å².